The molecule has 2 aliphatic heterocycles. The number of carbonyl (C=O) groups is 1. The van der Waals surface area contributed by atoms with Crippen molar-refractivity contribution in [1.82, 2.24) is 4.90 Å². The third-order valence-corrected chi connectivity index (χ3v) is 7.81. The second-order valence-electron chi connectivity index (χ2n) is 10.1. The number of halogens is 3. The summed E-state index contributed by atoms with van der Waals surface area (Å²) in [6.45, 7) is 3.66. The normalized spacial score (nSPS) is 21.5. The van der Waals surface area contributed by atoms with Crippen molar-refractivity contribution >= 4 is 23.3 Å². The molecule has 2 aromatic carbocycles. The van der Waals surface area contributed by atoms with Crippen LogP contribution in [0.5, 0.6) is 5.75 Å². The van der Waals surface area contributed by atoms with Crippen molar-refractivity contribution in [2.24, 2.45) is 5.92 Å². The molecule has 188 valence electrons. The summed E-state index contributed by atoms with van der Waals surface area (Å²) in [4.78, 5) is 15.6. The molecule has 1 saturated carbocycles. The average molecular weight is 505 g/mol. The lowest BCUT2D eigenvalue weighted by Crippen LogP contribution is -2.36. The standard InChI is InChI=1S/C27H31ClF2N2O3/c28-21-12-18(3-6-22(21)29)15-31-10-7-17(8-11-31)16-35-26-14-23(30)25(13-20(26)19-4-5-19)32-9-1-2-24(32)27(33)34/h3,6,12-14,17,19,24H,1-2,4-5,7-11,15-16H2,(H,33,34). The molecule has 0 amide bonds. The van der Waals surface area contributed by atoms with E-state index in [1.165, 1.54) is 12.1 Å². The number of piperidine rings is 1. The van der Waals surface area contributed by atoms with Crippen molar-refractivity contribution in [3.8, 4) is 5.75 Å². The van der Waals surface area contributed by atoms with Crippen molar-refractivity contribution in [1.29, 1.82) is 0 Å². The predicted molar refractivity (Wildman–Crippen MR) is 131 cm³/mol. The van der Waals surface area contributed by atoms with Gasteiger partial charge in [0.25, 0.3) is 0 Å². The van der Waals surface area contributed by atoms with E-state index in [2.05, 4.69) is 4.90 Å². The maximum Gasteiger partial charge on any atom is 0.326 e. The zero-order valence-corrected chi connectivity index (χ0v) is 20.4. The maximum absolute atomic E-state index is 15.1. The van der Waals surface area contributed by atoms with Gasteiger partial charge in [-0.05, 0) is 92.8 Å². The number of hydrogen-bond donors (Lipinski definition) is 1. The summed E-state index contributed by atoms with van der Waals surface area (Å²) in [5, 5.41) is 9.67. The number of anilines is 1. The van der Waals surface area contributed by atoms with Gasteiger partial charge in [0.05, 0.1) is 17.3 Å². The smallest absolute Gasteiger partial charge is 0.326 e. The minimum Gasteiger partial charge on any atom is -0.493 e. The van der Waals surface area contributed by atoms with E-state index in [1.807, 2.05) is 6.07 Å². The number of aliphatic carboxylic acids is 1. The Hall–Kier alpha value is -2.38. The number of benzene rings is 2. The zero-order valence-electron chi connectivity index (χ0n) is 19.7. The highest BCUT2D eigenvalue weighted by molar-refractivity contribution is 6.30. The van der Waals surface area contributed by atoms with E-state index >= 15 is 4.39 Å². The number of likely N-dealkylation sites (tertiary alicyclic amines) is 1. The molecule has 35 heavy (non-hydrogen) atoms. The first-order valence-electron chi connectivity index (χ1n) is 12.5. The molecule has 5 rings (SSSR count). The van der Waals surface area contributed by atoms with Gasteiger partial charge in [-0.3, -0.25) is 4.90 Å². The highest BCUT2D eigenvalue weighted by Crippen LogP contribution is 2.47. The highest BCUT2D eigenvalue weighted by Gasteiger charge is 2.35. The van der Waals surface area contributed by atoms with Crippen LogP contribution in [0.2, 0.25) is 5.02 Å². The third kappa shape index (κ3) is 5.56. The number of carboxylic acids is 1. The molecule has 2 saturated heterocycles. The maximum atomic E-state index is 15.1. The topological polar surface area (TPSA) is 53.0 Å². The van der Waals surface area contributed by atoms with Crippen LogP contribution in [0, 0.1) is 17.6 Å². The Labute approximate surface area is 209 Å². The molecule has 0 bridgehead atoms. The minimum atomic E-state index is -0.899. The monoisotopic (exact) mass is 504 g/mol. The van der Waals surface area contributed by atoms with Crippen LogP contribution in [0.3, 0.4) is 0 Å². The predicted octanol–water partition coefficient (Wildman–Crippen LogP) is 5.84. The molecule has 8 heteroatoms. The van der Waals surface area contributed by atoms with Gasteiger partial charge in [-0.2, -0.15) is 0 Å². The first kappa shape index (κ1) is 24.3. The second kappa shape index (κ2) is 10.3. The summed E-state index contributed by atoms with van der Waals surface area (Å²) in [7, 11) is 0. The Balaban J connectivity index is 1.20. The van der Waals surface area contributed by atoms with Gasteiger partial charge in [-0.25, -0.2) is 13.6 Å². The van der Waals surface area contributed by atoms with Gasteiger partial charge in [0, 0.05) is 19.2 Å². The SMILES string of the molecule is O=C(O)C1CCCN1c1cc(C2CC2)c(OCC2CCN(Cc3ccc(F)c(Cl)c3)CC2)cc1F. The Bertz CT molecular complexity index is 1090. The van der Waals surface area contributed by atoms with Crippen LogP contribution in [0.4, 0.5) is 14.5 Å². The lowest BCUT2D eigenvalue weighted by Gasteiger charge is -2.32. The van der Waals surface area contributed by atoms with E-state index in [0.29, 0.717) is 42.8 Å². The third-order valence-electron chi connectivity index (χ3n) is 7.52. The summed E-state index contributed by atoms with van der Waals surface area (Å²) in [6.07, 6.45) is 5.34. The fourth-order valence-electron chi connectivity index (χ4n) is 5.35. The van der Waals surface area contributed by atoms with Crippen LogP contribution in [-0.4, -0.2) is 48.3 Å². The minimum absolute atomic E-state index is 0.152. The Kier molecular flexibility index (Phi) is 7.17. The largest absolute Gasteiger partial charge is 0.493 e. The van der Waals surface area contributed by atoms with Crippen LogP contribution in [0.25, 0.3) is 0 Å². The molecule has 5 nitrogen and oxygen atoms in total. The van der Waals surface area contributed by atoms with Crippen LogP contribution in [-0.2, 0) is 11.3 Å². The number of hydrogen-bond acceptors (Lipinski definition) is 4. The Morgan fingerprint density at radius 3 is 2.49 bits per heavy atom. The van der Waals surface area contributed by atoms with Crippen LogP contribution in [0.1, 0.15) is 55.6 Å². The summed E-state index contributed by atoms with van der Waals surface area (Å²) in [5.74, 6) is -0.367. The van der Waals surface area contributed by atoms with E-state index < -0.39 is 23.6 Å². The van der Waals surface area contributed by atoms with Crippen molar-refractivity contribution in [2.75, 3.05) is 31.1 Å². The number of carboxylic acid groups (broad SMARTS) is 1. The lowest BCUT2D eigenvalue weighted by atomic mass is 9.97. The molecule has 0 radical (unpaired) electrons. The van der Waals surface area contributed by atoms with Gasteiger partial charge in [0.1, 0.15) is 23.4 Å². The van der Waals surface area contributed by atoms with E-state index in [4.69, 9.17) is 16.3 Å². The molecule has 1 N–H and O–H groups in total. The van der Waals surface area contributed by atoms with Gasteiger partial charge in [-0.15, -0.1) is 0 Å². The fraction of sp³-hybridized carbons (Fsp3) is 0.519. The Morgan fingerprint density at radius 1 is 1.03 bits per heavy atom. The van der Waals surface area contributed by atoms with Crippen molar-refractivity contribution in [2.45, 2.75) is 57.0 Å². The summed E-state index contributed by atoms with van der Waals surface area (Å²) in [5.41, 5.74) is 2.39. The molecular weight excluding hydrogens is 474 g/mol. The van der Waals surface area contributed by atoms with Crippen LogP contribution < -0.4 is 9.64 Å². The van der Waals surface area contributed by atoms with Gasteiger partial charge in [0.15, 0.2) is 0 Å². The molecule has 1 atom stereocenters. The molecule has 3 fully saturated rings. The molecule has 2 aromatic rings. The summed E-state index contributed by atoms with van der Waals surface area (Å²) in [6, 6.07) is 7.50. The van der Waals surface area contributed by atoms with Crippen LogP contribution >= 0.6 is 11.6 Å². The Morgan fingerprint density at radius 2 is 1.80 bits per heavy atom. The van der Waals surface area contributed by atoms with Crippen molar-refractivity contribution < 1.29 is 23.4 Å². The first-order chi connectivity index (χ1) is 16.9. The quantitative estimate of drug-likeness (QED) is 0.489. The molecule has 0 spiro atoms. The average Bonchev–Trinajstić information content (AvgIpc) is 3.56. The highest BCUT2D eigenvalue weighted by atomic mass is 35.5. The summed E-state index contributed by atoms with van der Waals surface area (Å²) >= 11 is 5.91. The molecule has 1 unspecified atom stereocenters. The van der Waals surface area contributed by atoms with Gasteiger partial charge in [-0.1, -0.05) is 17.7 Å². The van der Waals surface area contributed by atoms with E-state index in [1.54, 1.807) is 17.0 Å². The number of ether oxygens (including phenoxy) is 1. The fourth-order valence-corrected chi connectivity index (χ4v) is 5.55. The molecule has 2 heterocycles. The van der Waals surface area contributed by atoms with Crippen molar-refractivity contribution in [3.63, 3.8) is 0 Å². The van der Waals surface area contributed by atoms with E-state index in [-0.39, 0.29) is 5.02 Å². The van der Waals surface area contributed by atoms with Crippen LogP contribution in [0.15, 0.2) is 30.3 Å². The van der Waals surface area contributed by atoms with Gasteiger partial charge < -0.3 is 14.7 Å². The molecule has 3 aliphatic rings. The molecular formula is C27H31ClF2N2O3. The summed E-state index contributed by atoms with van der Waals surface area (Å²) < 4.78 is 34.7. The zero-order chi connectivity index (χ0) is 24.5. The van der Waals surface area contributed by atoms with Gasteiger partial charge >= 0.3 is 5.97 Å². The van der Waals surface area contributed by atoms with Gasteiger partial charge in [0.2, 0.25) is 0 Å². The van der Waals surface area contributed by atoms with E-state index in [9.17, 15) is 14.3 Å². The molecule has 1 aliphatic carbocycles. The second-order valence-corrected chi connectivity index (χ2v) is 10.5. The van der Waals surface area contributed by atoms with E-state index in [0.717, 1.165) is 62.9 Å². The first-order valence-corrected chi connectivity index (χ1v) is 12.9. The van der Waals surface area contributed by atoms with Crippen molar-refractivity contribution in [3.05, 3.63) is 58.1 Å². The molecule has 0 aromatic heterocycles. The lowest BCUT2D eigenvalue weighted by molar-refractivity contribution is -0.138. The number of rotatable bonds is 8. The number of nitrogens with zero attached hydrogens (tertiary/aromatic N) is 2.